The van der Waals surface area contributed by atoms with Crippen LogP contribution in [0.3, 0.4) is 0 Å². The second-order valence-electron chi connectivity index (χ2n) is 6.60. The highest BCUT2D eigenvalue weighted by molar-refractivity contribution is 5.95. The second kappa shape index (κ2) is 7.45. The number of anilines is 1. The standard InChI is InChI=1S/C19H21N5O3/c1-12(2)21-19(25)14-7-8-16(17(9-14)24(26)27)20-10-15-11-23-13(3)5-4-6-18(23)22-15/h4-9,11-12,20H,10H2,1-3H3,(H,21,25). The van der Waals surface area contributed by atoms with E-state index in [1.54, 1.807) is 12.1 Å². The number of carbonyl (C=O) groups is 1. The zero-order valence-corrected chi connectivity index (χ0v) is 15.4. The first kappa shape index (κ1) is 18.4. The molecule has 0 saturated carbocycles. The number of aryl methyl sites for hydroxylation is 1. The topological polar surface area (TPSA) is 102 Å². The van der Waals surface area contributed by atoms with Crippen molar-refractivity contribution in [2.45, 2.75) is 33.4 Å². The number of nitro benzene ring substituents is 1. The molecule has 0 unspecified atom stereocenters. The Morgan fingerprint density at radius 2 is 2.07 bits per heavy atom. The third-order valence-electron chi connectivity index (χ3n) is 4.08. The number of hydrogen-bond donors (Lipinski definition) is 2. The summed E-state index contributed by atoms with van der Waals surface area (Å²) in [5.41, 5.74) is 3.09. The molecule has 2 N–H and O–H groups in total. The summed E-state index contributed by atoms with van der Waals surface area (Å²) in [4.78, 5) is 27.5. The fraction of sp³-hybridized carbons (Fsp3) is 0.263. The van der Waals surface area contributed by atoms with Gasteiger partial charge in [0.15, 0.2) is 0 Å². The first-order valence-corrected chi connectivity index (χ1v) is 8.62. The van der Waals surface area contributed by atoms with Crippen LogP contribution in [0.2, 0.25) is 0 Å². The molecule has 1 aromatic carbocycles. The zero-order valence-electron chi connectivity index (χ0n) is 15.4. The number of amides is 1. The van der Waals surface area contributed by atoms with E-state index in [9.17, 15) is 14.9 Å². The van der Waals surface area contributed by atoms with Gasteiger partial charge in [-0.1, -0.05) is 6.07 Å². The van der Waals surface area contributed by atoms with Crippen LogP contribution in [0.4, 0.5) is 11.4 Å². The van der Waals surface area contributed by atoms with Crippen molar-refractivity contribution >= 4 is 22.9 Å². The molecule has 140 valence electrons. The Morgan fingerprint density at radius 3 is 2.74 bits per heavy atom. The number of nitrogens with one attached hydrogen (secondary N) is 2. The predicted octanol–water partition coefficient (Wildman–Crippen LogP) is 3.30. The highest BCUT2D eigenvalue weighted by Gasteiger charge is 2.18. The van der Waals surface area contributed by atoms with Crippen LogP contribution in [0, 0.1) is 17.0 Å². The van der Waals surface area contributed by atoms with Gasteiger partial charge in [-0.2, -0.15) is 0 Å². The maximum Gasteiger partial charge on any atom is 0.293 e. The summed E-state index contributed by atoms with van der Waals surface area (Å²) in [6.07, 6.45) is 1.90. The molecule has 2 aromatic heterocycles. The fourth-order valence-electron chi connectivity index (χ4n) is 2.79. The Bertz CT molecular complexity index is 1010. The Labute approximate surface area is 156 Å². The van der Waals surface area contributed by atoms with E-state index < -0.39 is 4.92 Å². The molecule has 8 heteroatoms. The third kappa shape index (κ3) is 4.05. The molecule has 1 amide bonds. The quantitative estimate of drug-likeness (QED) is 0.514. The van der Waals surface area contributed by atoms with Crippen molar-refractivity contribution in [3.63, 3.8) is 0 Å². The highest BCUT2D eigenvalue weighted by atomic mass is 16.6. The first-order chi connectivity index (χ1) is 12.8. The predicted molar refractivity (Wildman–Crippen MR) is 103 cm³/mol. The molecule has 0 aliphatic rings. The lowest BCUT2D eigenvalue weighted by Crippen LogP contribution is -2.30. The minimum atomic E-state index is -0.498. The minimum absolute atomic E-state index is 0.0483. The van der Waals surface area contributed by atoms with Crippen LogP contribution in [0.15, 0.2) is 42.6 Å². The van der Waals surface area contributed by atoms with Crippen LogP contribution >= 0.6 is 0 Å². The van der Waals surface area contributed by atoms with Crippen molar-refractivity contribution in [2.75, 3.05) is 5.32 Å². The van der Waals surface area contributed by atoms with Crippen LogP contribution in [0.25, 0.3) is 5.65 Å². The van der Waals surface area contributed by atoms with Crippen LogP contribution < -0.4 is 10.6 Å². The number of pyridine rings is 1. The maximum absolute atomic E-state index is 12.1. The van der Waals surface area contributed by atoms with Gasteiger partial charge in [-0.3, -0.25) is 14.9 Å². The summed E-state index contributed by atoms with van der Waals surface area (Å²) < 4.78 is 1.96. The summed E-state index contributed by atoms with van der Waals surface area (Å²) in [5, 5.41) is 17.2. The molecule has 0 fully saturated rings. The molecular formula is C19H21N5O3. The number of nitro groups is 1. The van der Waals surface area contributed by atoms with E-state index in [2.05, 4.69) is 15.6 Å². The molecule has 27 heavy (non-hydrogen) atoms. The summed E-state index contributed by atoms with van der Waals surface area (Å²) in [5.74, 6) is -0.338. The van der Waals surface area contributed by atoms with Gasteiger partial charge in [-0.15, -0.1) is 0 Å². The van der Waals surface area contributed by atoms with E-state index in [0.717, 1.165) is 17.0 Å². The van der Waals surface area contributed by atoms with Crippen molar-refractivity contribution < 1.29 is 9.72 Å². The second-order valence-corrected chi connectivity index (χ2v) is 6.60. The Hall–Kier alpha value is -3.42. The van der Waals surface area contributed by atoms with E-state index >= 15 is 0 Å². The molecule has 0 spiro atoms. The molecule has 2 heterocycles. The molecular weight excluding hydrogens is 346 g/mol. The van der Waals surface area contributed by atoms with Crippen LogP contribution in [0.5, 0.6) is 0 Å². The molecule has 3 rings (SSSR count). The highest BCUT2D eigenvalue weighted by Crippen LogP contribution is 2.26. The lowest BCUT2D eigenvalue weighted by Gasteiger charge is -2.10. The van der Waals surface area contributed by atoms with Crippen LogP contribution in [-0.2, 0) is 6.54 Å². The smallest absolute Gasteiger partial charge is 0.293 e. The number of benzene rings is 1. The van der Waals surface area contributed by atoms with Gasteiger partial charge in [0.2, 0.25) is 0 Å². The SMILES string of the molecule is Cc1cccc2nc(CNc3ccc(C(=O)NC(C)C)cc3[N+](=O)[O-])cn12. The Kier molecular flexibility index (Phi) is 5.07. The van der Waals surface area contributed by atoms with Crippen molar-refractivity contribution in [1.29, 1.82) is 0 Å². The number of rotatable bonds is 6. The molecule has 3 aromatic rings. The summed E-state index contributed by atoms with van der Waals surface area (Å²) in [6.45, 7) is 5.98. The first-order valence-electron chi connectivity index (χ1n) is 8.62. The summed E-state index contributed by atoms with van der Waals surface area (Å²) in [6, 6.07) is 10.2. The number of nitrogens with zero attached hydrogens (tertiary/aromatic N) is 3. The van der Waals surface area contributed by atoms with Crippen molar-refractivity contribution in [1.82, 2.24) is 14.7 Å². The van der Waals surface area contributed by atoms with Gasteiger partial charge >= 0.3 is 0 Å². The van der Waals surface area contributed by atoms with E-state index in [1.807, 2.05) is 49.6 Å². The van der Waals surface area contributed by atoms with Gasteiger partial charge in [-0.05, 0) is 45.0 Å². The summed E-state index contributed by atoms with van der Waals surface area (Å²) >= 11 is 0. The van der Waals surface area contributed by atoms with Gasteiger partial charge in [0, 0.05) is 29.6 Å². The monoisotopic (exact) mass is 367 g/mol. The number of hydrogen-bond acceptors (Lipinski definition) is 5. The lowest BCUT2D eigenvalue weighted by molar-refractivity contribution is -0.384. The molecule has 0 bridgehead atoms. The normalized spacial score (nSPS) is 11.0. The van der Waals surface area contributed by atoms with Crippen LogP contribution in [-0.4, -0.2) is 26.3 Å². The van der Waals surface area contributed by atoms with Gasteiger partial charge in [0.25, 0.3) is 11.6 Å². The van der Waals surface area contributed by atoms with Gasteiger partial charge in [0.1, 0.15) is 11.3 Å². The molecule has 0 radical (unpaired) electrons. The summed E-state index contributed by atoms with van der Waals surface area (Å²) in [7, 11) is 0. The average molecular weight is 367 g/mol. The molecule has 0 aliphatic carbocycles. The van der Waals surface area contributed by atoms with Crippen molar-refractivity contribution in [2.24, 2.45) is 0 Å². The Morgan fingerprint density at radius 1 is 1.30 bits per heavy atom. The van der Waals surface area contributed by atoms with Gasteiger partial charge in [-0.25, -0.2) is 4.98 Å². The van der Waals surface area contributed by atoms with E-state index in [4.69, 9.17) is 0 Å². The zero-order chi connectivity index (χ0) is 19.6. The number of aromatic nitrogens is 2. The van der Waals surface area contributed by atoms with Crippen molar-refractivity contribution in [3.8, 4) is 0 Å². The molecule has 0 atom stereocenters. The fourth-order valence-corrected chi connectivity index (χ4v) is 2.79. The largest absolute Gasteiger partial charge is 0.374 e. The molecule has 8 nitrogen and oxygen atoms in total. The van der Waals surface area contributed by atoms with Crippen molar-refractivity contribution in [3.05, 3.63) is 69.7 Å². The molecule has 0 saturated heterocycles. The average Bonchev–Trinajstić information content (AvgIpc) is 3.03. The minimum Gasteiger partial charge on any atom is -0.374 e. The van der Waals surface area contributed by atoms with E-state index in [1.165, 1.54) is 6.07 Å². The third-order valence-corrected chi connectivity index (χ3v) is 4.08. The van der Waals surface area contributed by atoms with E-state index in [-0.39, 0.29) is 23.2 Å². The molecule has 0 aliphatic heterocycles. The van der Waals surface area contributed by atoms with Gasteiger partial charge in [0.05, 0.1) is 17.2 Å². The maximum atomic E-state index is 12.1. The number of fused-ring (bicyclic) bond motifs is 1. The van der Waals surface area contributed by atoms with Crippen LogP contribution in [0.1, 0.15) is 35.6 Å². The number of carbonyl (C=O) groups excluding carboxylic acids is 1. The Balaban J connectivity index is 1.82. The lowest BCUT2D eigenvalue weighted by atomic mass is 10.1. The number of imidazole rings is 1. The van der Waals surface area contributed by atoms with Gasteiger partial charge < -0.3 is 15.0 Å². The van der Waals surface area contributed by atoms with E-state index in [0.29, 0.717) is 12.2 Å².